The van der Waals surface area contributed by atoms with Crippen LogP contribution in [0.5, 0.6) is 0 Å². The molecule has 1 amide bonds. The number of hydrogen-bond donors (Lipinski definition) is 2. The maximum atomic E-state index is 12.0. The quantitative estimate of drug-likeness (QED) is 0.902. The lowest BCUT2D eigenvalue weighted by atomic mass is 10.2. The predicted octanol–water partition coefficient (Wildman–Crippen LogP) is 1.86. The summed E-state index contributed by atoms with van der Waals surface area (Å²) in [7, 11) is 0. The zero-order valence-corrected chi connectivity index (χ0v) is 12.4. The Morgan fingerprint density at radius 2 is 1.95 bits per heavy atom. The number of thiazole rings is 1. The number of carbonyl (C=O) groups is 2. The molecule has 7 heteroatoms. The number of carboxylic acid groups (broad SMARTS) is 1. The van der Waals surface area contributed by atoms with Gasteiger partial charge in [0.25, 0.3) is 0 Å². The van der Waals surface area contributed by atoms with Crippen LogP contribution in [-0.4, -0.2) is 21.6 Å². The molecule has 0 aliphatic rings. The van der Waals surface area contributed by atoms with Crippen molar-refractivity contribution in [3.63, 3.8) is 0 Å². The van der Waals surface area contributed by atoms with Crippen molar-refractivity contribution in [1.29, 1.82) is 0 Å². The lowest BCUT2D eigenvalue weighted by Crippen LogP contribution is -2.25. The SMILES string of the molecule is Cc1ccccc1NC(=O)Cn1c(C)c(C(=O)O)sc1=O. The first-order chi connectivity index (χ1) is 9.90. The molecular formula is C14H14N2O4S. The summed E-state index contributed by atoms with van der Waals surface area (Å²) in [6, 6.07) is 7.28. The normalized spacial score (nSPS) is 10.4. The smallest absolute Gasteiger partial charge is 0.347 e. The molecule has 1 aromatic heterocycles. The van der Waals surface area contributed by atoms with Gasteiger partial charge in [0.2, 0.25) is 5.91 Å². The second-order valence-electron chi connectivity index (χ2n) is 4.54. The molecule has 0 aliphatic carbocycles. The van der Waals surface area contributed by atoms with Gasteiger partial charge in [0, 0.05) is 11.4 Å². The van der Waals surface area contributed by atoms with Crippen molar-refractivity contribution >= 4 is 28.9 Å². The first kappa shape index (κ1) is 15.0. The van der Waals surface area contributed by atoms with Gasteiger partial charge in [0.05, 0.1) is 0 Å². The topological polar surface area (TPSA) is 88.4 Å². The minimum Gasteiger partial charge on any atom is -0.477 e. The van der Waals surface area contributed by atoms with Crippen molar-refractivity contribution in [2.75, 3.05) is 5.32 Å². The molecule has 1 aromatic carbocycles. The summed E-state index contributed by atoms with van der Waals surface area (Å²) in [5.74, 6) is -1.53. The lowest BCUT2D eigenvalue weighted by Gasteiger charge is -2.09. The molecule has 21 heavy (non-hydrogen) atoms. The third-order valence-electron chi connectivity index (χ3n) is 3.06. The van der Waals surface area contributed by atoms with Crippen LogP contribution in [0.1, 0.15) is 20.9 Å². The molecule has 0 aliphatic heterocycles. The van der Waals surface area contributed by atoms with Crippen molar-refractivity contribution in [2.45, 2.75) is 20.4 Å². The van der Waals surface area contributed by atoms with Crippen LogP contribution in [0.2, 0.25) is 0 Å². The molecule has 0 radical (unpaired) electrons. The van der Waals surface area contributed by atoms with Crippen molar-refractivity contribution in [3.05, 3.63) is 50.1 Å². The first-order valence-electron chi connectivity index (χ1n) is 6.19. The molecule has 0 atom stereocenters. The molecule has 2 rings (SSSR count). The highest BCUT2D eigenvalue weighted by atomic mass is 32.1. The van der Waals surface area contributed by atoms with Gasteiger partial charge >= 0.3 is 10.8 Å². The molecular weight excluding hydrogens is 292 g/mol. The van der Waals surface area contributed by atoms with Gasteiger partial charge < -0.3 is 10.4 Å². The molecule has 0 fully saturated rings. The van der Waals surface area contributed by atoms with E-state index < -0.39 is 10.8 Å². The Labute approximate surface area is 124 Å². The van der Waals surface area contributed by atoms with E-state index in [9.17, 15) is 14.4 Å². The van der Waals surface area contributed by atoms with Crippen molar-refractivity contribution in [1.82, 2.24) is 4.57 Å². The maximum absolute atomic E-state index is 12.0. The summed E-state index contributed by atoms with van der Waals surface area (Å²) in [5, 5.41) is 11.7. The minimum atomic E-state index is -1.16. The molecule has 0 spiro atoms. The second kappa shape index (κ2) is 5.92. The lowest BCUT2D eigenvalue weighted by molar-refractivity contribution is -0.116. The van der Waals surface area contributed by atoms with Crippen LogP contribution in [0.15, 0.2) is 29.1 Å². The zero-order chi connectivity index (χ0) is 15.6. The van der Waals surface area contributed by atoms with Crippen LogP contribution < -0.4 is 10.2 Å². The summed E-state index contributed by atoms with van der Waals surface area (Å²) < 4.78 is 1.17. The van der Waals surface area contributed by atoms with Crippen molar-refractivity contribution in [3.8, 4) is 0 Å². The van der Waals surface area contributed by atoms with E-state index in [1.165, 1.54) is 11.5 Å². The van der Waals surface area contributed by atoms with Gasteiger partial charge in [0.1, 0.15) is 11.4 Å². The minimum absolute atomic E-state index is 0.0382. The Hall–Kier alpha value is -2.41. The molecule has 1 heterocycles. The predicted molar refractivity (Wildman–Crippen MR) is 80.1 cm³/mol. The third-order valence-corrected chi connectivity index (χ3v) is 4.13. The van der Waals surface area contributed by atoms with Crippen LogP contribution >= 0.6 is 11.3 Å². The molecule has 0 saturated carbocycles. The van der Waals surface area contributed by atoms with E-state index >= 15 is 0 Å². The van der Waals surface area contributed by atoms with Gasteiger partial charge in [-0.25, -0.2) is 4.79 Å². The van der Waals surface area contributed by atoms with Crippen molar-refractivity contribution in [2.24, 2.45) is 0 Å². The number of anilines is 1. The highest BCUT2D eigenvalue weighted by Crippen LogP contribution is 2.14. The zero-order valence-electron chi connectivity index (χ0n) is 11.5. The number of rotatable bonds is 4. The maximum Gasteiger partial charge on any atom is 0.347 e. The van der Waals surface area contributed by atoms with Gasteiger partial charge in [-0.3, -0.25) is 14.2 Å². The molecule has 0 saturated heterocycles. The van der Waals surface area contributed by atoms with Crippen molar-refractivity contribution < 1.29 is 14.7 Å². The van der Waals surface area contributed by atoms with Crippen LogP contribution in [0.3, 0.4) is 0 Å². The fourth-order valence-corrected chi connectivity index (χ4v) is 2.74. The van der Waals surface area contributed by atoms with E-state index in [0.29, 0.717) is 17.0 Å². The molecule has 0 bridgehead atoms. The molecule has 0 unspecified atom stereocenters. The summed E-state index contributed by atoms with van der Waals surface area (Å²) in [5.41, 5.74) is 1.87. The molecule has 2 N–H and O–H groups in total. The van der Waals surface area contributed by atoms with Gasteiger partial charge in [-0.2, -0.15) is 0 Å². The number of hydrogen-bond acceptors (Lipinski definition) is 4. The third kappa shape index (κ3) is 3.19. The van der Waals surface area contributed by atoms with Gasteiger partial charge in [-0.05, 0) is 25.5 Å². The van der Waals surface area contributed by atoms with E-state index in [2.05, 4.69) is 5.32 Å². The summed E-state index contributed by atoms with van der Waals surface area (Å²) in [4.78, 5) is 34.2. The molecule has 2 aromatic rings. The van der Waals surface area contributed by atoms with E-state index in [1.54, 1.807) is 12.1 Å². The number of amides is 1. The van der Waals surface area contributed by atoms with Gasteiger partial charge in [0.15, 0.2) is 0 Å². The van der Waals surface area contributed by atoms with Gasteiger partial charge in [-0.15, -0.1) is 0 Å². The number of para-hydroxylation sites is 1. The Morgan fingerprint density at radius 1 is 1.29 bits per heavy atom. The fourth-order valence-electron chi connectivity index (χ4n) is 1.90. The monoisotopic (exact) mass is 306 g/mol. The highest BCUT2D eigenvalue weighted by molar-refractivity contribution is 7.11. The Morgan fingerprint density at radius 3 is 2.52 bits per heavy atom. The first-order valence-corrected chi connectivity index (χ1v) is 7.01. The largest absolute Gasteiger partial charge is 0.477 e. The number of aromatic carboxylic acids is 1. The van der Waals surface area contributed by atoms with Crippen LogP contribution in [0, 0.1) is 13.8 Å². The Bertz CT molecular complexity index is 761. The van der Waals surface area contributed by atoms with Crippen LogP contribution in [0.25, 0.3) is 0 Å². The summed E-state index contributed by atoms with van der Waals surface area (Å²) in [6.07, 6.45) is 0. The number of nitrogens with zero attached hydrogens (tertiary/aromatic N) is 1. The number of aromatic nitrogens is 1. The fraction of sp³-hybridized carbons (Fsp3) is 0.214. The number of benzene rings is 1. The van der Waals surface area contributed by atoms with E-state index in [0.717, 1.165) is 5.56 Å². The number of carboxylic acids is 1. The molecule has 6 nitrogen and oxygen atoms in total. The van der Waals surface area contributed by atoms with E-state index in [-0.39, 0.29) is 23.0 Å². The number of nitrogens with one attached hydrogen (secondary N) is 1. The average Bonchev–Trinajstić information content (AvgIpc) is 2.69. The summed E-state index contributed by atoms with van der Waals surface area (Å²) >= 11 is 0.628. The Balaban J connectivity index is 2.19. The number of carbonyl (C=O) groups excluding carboxylic acids is 1. The van der Waals surface area contributed by atoms with Crippen LogP contribution in [-0.2, 0) is 11.3 Å². The van der Waals surface area contributed by atoms with E-state index in [1.807, 2.05) is 19.1 Å². The summed E-state index contributed by atoms with van der Waals surface area (Å²) in [6.45, 7) is 3.17. The molecule has 110 valence electrons. The highest BCUT2D eigenvalue weighted by Gasteiger charge is 2.18. The number of aryl methyl sites for hydroxylation is 1. The standard InChI is InChI=1S/C14H14N2O4S/c1-8-5-3-4-6-10(8)15-11(17)7-16-9(2)12(13(18)19)21-14(16)20/h3-6H,7H2,1-2H3,(H,15,17)(H,18,19). The van der Waals surface area contributed by atoms with Gasteiger partial charge in [-0.1, -0.05) is 29.5 Å². The average molecular weight is 306 g/mol. The Kier molecular flexibility index (Phi) is 4.23. The second-order valence-corrected chi connectivity index (χ2v) is 5.50. The van der Waals surface area contributed by atoms with E-state index in [4.69, 9.17) is 5.11 Å². The van der Waals surface area contributed by atoms with Crippen LogP contribution in [0.4, 0.5) is 5.69 Å².